The topological polar surface area (TPSA) is 98.9 Å². The van der Waals surface area contributed by atoms with Gasteiger partial charge < -0.3 is 5.32 Å². The molecule has 1 fully saturated rings. The SMILES string of the molecule is CC(Sc1nc(C(C)(C)C)nc2c1c(=O)n(C)c(=O)n2C)C(=O)NCC1CCCCC1. The summed E-state index contributed by atoms with van der Waals surface area (Å²) in [6, 6.07) is 0. The summed E-state index contributed by atoms with van der Waals surface area (Å²) in [4.78, 5) is 47.3. The van der Waals surface area contributed by atoms with Crippen LogP contribution in [-0.4, -0.2) is 36.8 Å². The first-order valence-electron chi connectivity index (χ1n) is 10.9. The molecular formula is C22H33N5O3S. The largest absolute Gasteiger partial charge is 0.355 e. The molecule has 0 aliphatic heterocycles. The first-order valence-corrected chi connectivity index (χ1v) is 11.8. The zero-order valence-electron chi connectivity index (χ0n) is 19.3. The van der Waals surface area contributed by atoms with Crippen molar-refractivity contribution in [2.75, 3.05) is 6.54 Å². The van der Waals surface area contributed by atoms with Gasteiger partial charge in [-0.25, -0.2) is 14.8 Å². The van der Waals surface area contributed by atoms with Crippen LogP contribution >= 0.6 is 11.8 Å². The van der Waals surface area contributed by atoms with E-state index in [2.05, 4.69) is 15.3 Å². The molecule has 1 unspecified atom stereocenters. The third kappa shape index (κ3) is 5.02. The van der Waals surface area contributed by atoms with Crippen molar-refractivity contribution in [3.63, 3.8) is 0 Å². The molecular weight excluding hydrogens is 414 g/mol. The van der Waals surface area contributed by atoms with E-state index in [1.165, 1.54) is 42.6 Å². The highest BCUT2D eigenvalue weighted by Crippen LogP contribution is 2.30. The summed E-state index contributed by atoms with van der Waals surface area (Å²) in [5.74, 6) is 1.01. The van der Waals surface area contributed by atoms with Gasteiger partial charge >= 0.3 is 5.69 Å². The highest BCUT2D eigenvalue weighted by Gasteiger charge is 2.26. The lowest BCUT2D eigenvalue weighted by atomic mass is 9.89. The van der Waals surface area contributed by atoms with Crippen LogP contribution in [0.4, 0.5) is 0 Å². The fourth-order valence-corrected chi connectivity index (χ4v) is 4.81. The van der Waals surface area contributed by atoms with Crippen LogP contribution in [-0.2, 0) is 24.3 Å². The minimum atomic E-state index is -0.448. The van der Waals surface area contributed by atoms with E-state index in [0.29, 0.717) is 29.0 Å². The Kier molecular flexibility index (Phi) is 6.93. The molecule has 2 heterocycles. The number of amides is 1. The van der Waals surface area contributed by atoms with Crippen molar-refractivity contribution >= 4 is 28.7 Å². The number of nitrogens with one attached hydrogen (secondary N) is 1. The van der Waals surface area contributed by atoms with Crippen LogP contribution in [0.1, 0.15) is 65.6 Å². The lowest BCUT2D eigenvalue weighted by Gasteiger charge is -2.23. The second-order valence-electron chi connectivity index (χ2n) is 9.52. The van der Waals surface area contributed by atoms with E-state index >= 15 is 0 Å². The molecule has 3 rings (SSSR count). The fraction of sp³-hybridized carbons (Fsp3) is 0.682. The van der Waals surface area contributed by atoms with E-state index in [0.717, 1.165) is 17.4 Å². The number of hydrogen-bond acceptors (Lipinski definition) is 6. The molecule has 2 aromatic rings. The maximum atomic E-state index is 12.9. The Morgan fingerprint density at radius 1 is 1.13 bits per heavy atom. The Bertz CT molecular complexity index is 1090. The van der Waals surface area contributed by atoms with Crippen molar-refractivity contribution in [3.8, 4) is 0 Å². The molecule has 1 N–H and O–H groups in total. The molecule has 1 aliphatic carbocycles. The quantitative estimate of drug-likeness (QED) is 0.559. The molecule has 0 aromatic carbocycles. The Balaban J connectivity index is 1.95. The van der Waals surface area contributed by atoms with Gasteiger partial charge in [-0.2, -0.15) is 0 Å². The highest BCUT2D eigenvalue weighted by molar-refractivity contribution is 8.00. The van der Waals surface area contributed by atoms with E-state index in [9.17, 15) is 14.4 Å². The van der Waals surface area contributed by atoms with Crippen LogP contribution in [0.3, 0.4) is 0 Å². The van der Waals surface area contributed by atoms with Crippen LogP contribution in [0.2, 0.25) is 0 Å². The maximum absolute atomic E-state index is 12.9. The lowest BCUT2D eigenvalue weighted by Crippen LogP contribution is -2.38. The third-order valence-electron chi connectivity index (χ3n) is 5.88. The van der Waals surface area contributed by atoms with Gasteiger partial charge in [-0.3, -0.25) is 18.7 Å². The summed E-state index contributed by atoms with van der Waals surface area (Å²) in [5.41, 5.74) is -0.973. The number of carbonyl (C=O) groups excluding carboxylic acids is 1. The molecule has 2 aromatic heterocycles. The van der Waals surface area contributed by atoms with Crippen LogP contribution in [0.15, 0.2) is 14.6 Å². The van der Waals surface area contributed by atoms with E-state index in [1.54, 1.807) is 7.05 Å². The summed E-state index contributed by atoms with van der Waals surface area (Å²) in [6.07, 6.45) is 6.07. The number of carbonyl (C=O) groups is 1. The Morgan fingerprint density at radius 3 is 2.39 bits per heavy atom. The van der Waals surface area contributed by atoms with Gasteiger partial charge in [-0.1, -0.05) is 51.8 Å². The number of fused-ring (bicyclic) bond motifs is 1. The van der Waals surface area contributed by atoms with Crippen LogP contribution < -0.4 is 16.6 Å². The van der Waals surface area contributed by atoms with Gasteiger partial charge in [0.1, 0.15) is 16.2 Å². The number of thioether (sulfide) groups is 1. The first-order chi connectivity index (χ1) is 14.5. The van der Waals surface area contributed by atoms with Gasteiger partial charge in [0.05, 0.1) is 5.25 Å². The first kappa shape index (κ1) is 23.5. The maximum Gasteiger partial charge on any atom is 0.332 e. The number of rotatable bonds is 5. The molecule has 1 saturated carbocycles. The summed E-state index contributed by atoms with van der Waals surface area (Å²) in [5, 5.41) is 3.35. The molecule has 0 radical (unpaired) electrons. The summed E-state index contributed by atoms with van der Waals surface area (Å²) in [6.45, 7) is 8.43. The van der Waals surface area contributed by atoms with Crippen molar-refractivity contribution in [2.24, 2.45) is 20.0 Å². The van der Waals surface area contributed by atoms with Gasteiger partial charge in [0.2, 0.25) is 5.91 Å². The van der Waals surface area contributed by atoms with Crippen molar-refractivity contribution < 1.29 is 4.79 Å². The minimum Gasteiger partial charge on any atom is -0.355 e. The zero-order chi connectivity index (χ0) is 22.9. The van der Waals surface area contributed by atoms with E-state index in [4.69, 9.17) is 0 Å². The molecule has 0 bridgehead atoms. The highest BCUT2D eigenvalue weighted by atomic mass is 32.2. The molecule has 9 heteroatoms. The standard InChI is InChI=1S/C22H33N5O3S/c1-13(17(28)23-12-14-10-8-7-9-11-14)31-18-15-16(24-20(25-18)22(2,3)4)26(5)21(30)27(6)19(15)29/h13-14H,7-12H2,1-6H3,(H,23,28). The molecule has 0 spiro atoms. The zero-order valence-corrected chi connectivity index (χ0v) is 20.1. The Morgan fingerprint density at radius 2 is 1.77 bits per heavy atom. The summed E-state index contributed by atoms with van der Waals surface area (Å²) < 4.78 is 2.42. The van der Waals surface area contributed by atoms with Gasteiger partial charge in [0.25, 0.3) is 5.56 Å². The molecule has 1 aliphatic rings. The van der Waals surface area contributed by atoms with Crippen LogP contribution in [0.25, 0.3) is 11.0 Å². The number of aromatic nitrogens is 4. The van der Waals surface area contributed by atoms with Crippen molar-refractivity contribution in [3.05, 3.63) is 26.7 Å². The fourth-order valence-electron chi connectivity index (χ4n) is 3.85. The minimum absolute atomic E-state index is 0.0683. The lowest BCUT2D eigenvalue weighted by molar-refractivity contribution is -0.120. The molecule has 1 amide bonds. The Labute approximate surface area is 186 Å². The normalized spacial score (nSPS) is 16.5. The monoisotopic (exact) mass is 447 g/mol. The average molecular weight is 448 g/mol. The molecule has 1 atom stereocenters. The molecule has 31 heavy (non-hydrogen) atoms. The van der Waals surface area contributed by atoms with E-state index in [1.807, 2.05) is 27.7 Å². The van der Waals surface area contributed by atoms with Gasteiger partial charge in [0.15, 0.2) is 5.65 Å². The van der Waals surface area contributed by atoms with Crippen molar-refractivity contribution in [2.45, 2.75) is 75.5 Å². The van der Waals surface area contributed by atoms with E-state index in [-0.39, 0.29) is 16.7 Å². The predicted octanol–water partition coefficient (Wildman–Crippen LogP) is 2.50. The average Bonchev–Trinajstić information content (AvgIpc) is 2.74. The van der Waals surface area contributed by atoms with E-state index < -0.39 is 16.5 Å². The Hall–Kier alpha value is -2.16. The molecule has 8 nitrogen and oxygen atoms in total. The van der Waals surface area contributed by atoms with Gasteiger partial charge in [-0.15, -0.1) is 0 Å². The second-order valence-corrected chi connectivity index (χ2v) is 10.8. The summed E-state index contributed by atoms with van der Waals surface area (Å²) in [7, 11) is 3.04. The van der Waals surface area contributed by atoms with Crippen LogP contribution in [0, 0.1) is 5.92 Å². The summed E-state index contributed by atoms with van der Waals surface area (Å²) >= 11 is 1.24. The third-order valence-corrected chi connectivity index (χ3v) is 6.97. The smallest absolute Gasteiger partial charge is 0.332 e. The molecule has 170 valence electrons. The molecule has 0 saturated heterocycles. The number of nitrogens with zero attached hydrogens (tertiary/aromatic N) is 4. The van der Waals surface area contributed by atoms with Gasteiger partial charge in [0, 0.05) is 26.1 Å². The predicted molar refractivity (Wildman–Crippen MR) is 124 cm³/mol. The van der Waals surface area contributed by atoms with Crippen molar-refractivity contribution in [1.82, 2.24) is 24.4 Å². The number of hydrogen-bond donors (Lipinski definition) is 1. The van der Waals surface area contributed by atoms with Gasteiger partial charge in [-0.05, 0) is 25.7 Å². The second kappa shape index (κ2) is 9.14. The van der Waals surface area contributed by atoms with Crippen LogP contribution in [0.5, 0.6) is 0 Å². The number of aryl methyl sites for hydroxylation is 1. The van der Waals surface area contributed by atoms with Crippen molar-refractivity contribution in [1.29, 1.82) is 0 Å².